The zero-order valence-electron chi connectivity index (χ0n) is 7.30. The van der Waals surface area contributed by atoms with Crippen molar-refractivity contribution in [1.82, 2.24) is 0 Å². The van der Waals surface area contributed by atoms with Gasteiger partial charge in [-0.25, -0.2) is 0 Å². The van der Waals surface area contributed by atoms with Crippen molar-refractivity contribution >= 4 is 11.8 Å². The molecule has 2 heteroatoms. The summed E-state index contributed by atoms with van der Waals surface area (Å²) in [5, 5.41) is 0. The van der Waals surface area contributed by atoms with Crippen LogP contribution in [0.1, 0.15) is 20.3 Å². The first-order valence-corrected chi connectivity index (χ1v) is 5.23. The molecule has 0 spiro atoms. The first kappa shape index (κ1) is 8.98. The number of thioether (sulfide) groups is 1. The van der Waals surface area contributed by atoms with Crippen LogP contribution < -0.4 is 0 Å². The van der Waals surface area contributed by atoms with E-state index in [1.807, 2.05) is 24.8 Å². The van der Waals surface area contributed by atoms with Gasteiger partial charge in [0, 0.05) is 11.2 Å². The molecule has 0 amide bonds. The monoisotopic (exact) mass is 172 g/mol. The summed E-state index contributed by atoms with van der Waals surface area (Å²) >= 11 is 2.03. The zero-order chi connectivity index (χ0) is 8.16. The molecule has 1 aliphatic heterocycles. The summed E-state index contributed by atoms with van der Waals surface area (Å²) in [6.07, 6.45) is 5.02. The van der Waals surface area contributed by atoms with Gasteiger partial charge in [-0.3, -0.25) is 0 Å². The Morgan fingerprint density at radius 2 is 2.45 bits per heavy atom. The summed E-state index contributed by atoms with van der Waals surface area (Å²) < 4.78 is 5.38. The van der Waals surface area contributed by atoms with E-state index in [2.05, 4.69) is 6.92 Å². The minimum absolute atomic E-state index is 0.435. The van der Waals surface area contributed by atoms with Gasteiger partial charge in [-0.2, -0.15) is 11.8 Å². The van der Waals surface area contributed by atoms with Crippen molar-refractivity contribution in [2.24, 2.45) is 5.41 Å². The van der Waals surface area contributed by atoms with Crippen molar-refractivity contribution in [3.63, 3.8) is 0 Å². The minimum atomic E-state index is 0.435. The van der Waals surface area contributed by atoms with E-state index >= 15 is 0 Å². The molecule has 0 bridgehead atoms. The third kappa shape index (κ3) is 2.78. The van der Waals surface area contributed by atoms with E-state index in [4.69, 9.17) is 4.74 Å². The van der Waals surface area contributed by atoms with Gasteiger partial charge in [0.1, 0.15) is 0 Å². The molecule has 0 aromatic carbocycles. The molecule has 0 aliphatic carbocycles. The van der Waals surface area contributed by atoms with Gasteiger partial charge in [0.25, 0.3) is 0 Å². The van der Waals surface area contributed by atoms with Crippen LogP contribution in [0.3, 0.4) is 0 Å². The Labute approximate surface area is 73.2 Å². The fraction of sp³-hybridized carbons (Fsp3) is 0.778. The van der Waals surface area contributed by atoms with Crippen LogP contribution in [0.5, 0.6) is 0 Å². The quantitative estimate of drug-likeness (QED) is 0.605. The SMILES string of the molecule is C/C=C/OCC1(C)CCSC1. The molecule has 1 fully saturated rings. The van der Waals surface area contributed by atoms with Crippen LogP contribution in [0.25, 0.3) is 0 Å². The topological polar surface area (TPSA) is 9.23 Å². The second kappa shape index (κ2) is 4.05. The molecule has 0 aromatic heterocycles. The fourth-order valence-electron chi connectivity index (χ4n) is 1.17. The normalized spacial score (nSPS) is 31.5. The Morgan fingerprint density at radius 3 is 3.00 bits per heavy atom. The summed E-state index contributed by atoms with van der Waals surface area (Å²) in [5.41, 5.74) is 0.435. The third-order valence-electron chi connectivity index (χ3n) is 1.96. The maximum absolute atomic E-state index is 5.38. The number of allylic oxidation sites excluding steroid dienone is 1. The maximum atomic E-state index is 5.38. The van der Waals surface area contributed by atoms with Crippen molar-refractivity contribution in [2.45, 2.75) is 20.3 Å². The third-order valence-corrected chi connectivity index (χ3v) is 3.36. The molecule has 1 saturated heterocycles. The van der Waals surface area contributed by atoms with E-state index in [0.29, 0.717) is 5.41 Å². The Balaban J connectivity index is 2.23. The van der Waals surface area contributed by atoms with Gasteiger partial charge in [0.05, 0.1) is 12.9 Å². The van der Waals surface area contributed by atoms with Crippen LogP contribution in [-0.2, 0) is 4.74 Å². The van der Waals surface area contributed by atoms with Crippen LogP contribution in [0.15, 0.2) is 12.3 Å². The Bertz CT molecular complexity index is 136. The summed E-state index contributed by atoms with van der Waals surface area (Å²) in [6, 6.07) is 0. The molecule has 1 rings (SSSR count). The summed E-state index contributed by atoms with van der Waals surface area (Å²) in [4.78, 5) is 0. The molecule has 0 N–H and O–H groups in total. The zero-order valence-corrected chi connectivity index (χ0v) is 8.12. The Kier molecular flexibility index (Phi) is 3.31. The molecule has 0 aromatic rings. The highest BCUT2D eigenvalue weighted by Crippen LogP contribution is 2.35. The highest BCUT2D eigenvalue weighted by molar-refractivity contribution is 7.99. The lowest BCUT2D eigenvalue weighted by Crippen LogP contribution is -2.21. The predicted molar refractivity (Wildman–Crippen MR) is 50.8 cm³/mol. The molecular weight excluding hydrogens is 156 g/mol. The Morgan fingerprint density at radius 1 is 1.64 bits per heavy atom. The number of ether oxygens (including phenoxy) is 1. The summed E-state index contributed by atoms with van der Waals surface area (Å²) in [7, 11) is 0. The highest BCUT2D eigenvalue weighted by atomic mass is 32.2. The highest BCUT2D eigenvalue weighted by Gasteiger charge is 2.29. The van der Waals surface area contributed by atoms with Gasteiger partial charge in [-0.05, 0) is 19.1 Å². The first-order valence-electron chi connectivity index (χ1n) is 4.07. The van der Waals surface area contributed by atoms with Crippen LogP contribution in [0.4, 0.5) is 0 Å². The van der Waals surface area contributed by atoms with E-state index in [-0.39, 0.29) is 0 Å². The van der Waals surface area contributed by atoms with Crippen molar-refractivity contribution in [2.75, 3.05) is 18.1 Å². The standard InChI is InChI=1S/C9H16OS/c1-3-5-10-7-9(2)4-6-11-8-9/h3,5H,4,6-8H2,1-2H3/b5-3+. The molecule has 1 nitrogen and oxygen atoms in total. The largest absolute Gasteiger partial charge is 0.501 e. The molecule has 0 radical (unpaired) electrons. The maximum Gasteiger partial charge on any atom is 0.0934 e. The fourth-order valence-corrected chi connectivity index (χ4v) is 2.67. The first-order chi connectivity index (χ1) is 5.27. The van der Waals surface area contributed by atoms with Crippen molar-refractivity contribution < 1.29 is 4.74 Å². The molecule has 11 heavy (non-hydrogen) atoms. The molecular formula is C9H16OS. The van der Waals surface area contributed by atoms with Gasteiger partial charge < -0.3 is 4.74 Å². The summed E-state index contributed by atoms with van der Waals surface area (Å²) in [6.45, 7) is 5.16. The van der Waals surface area contributed by atoms with Crippen molar-refractivity contribution in [1.29, 1.82) is 0 Å². The molecule has 1 heterocycles. The molecule has 64 valence electrons. The molecule has 1 aliphatic rings. The molecule has 1 unspecified atom stereocenters. The second-order valence-electron chi connectivity index (χ2n) is 3.39. The van der Waals surface area contributed by atoms with E-state index in [9.17, 15) is 0 Å². The van der Waals surface area contributed by atoms with Crippen LogP contribution >= 0.6 is 11.8 Å². The van der Waals surface area contributed by atoms with Gasteiger partial charge in [-0.15, -0.1) is 0 Å². The van der Waals surface area contributed by atoms with E-state index in [1.165, 1.54) is 17.9 Å². The summed E-state index contributed by atoms with van der Waals surface area (Å²) in [5.74, 6) is 2.56. The Hall–Kier alpha value is -0.110. The predicted octanol–water partition coefficient (Wildman–Crippen LogP) is 2.68. The number of rotatable bonds is 3. The lowest BCUT2D eigenvalue weighted by atomic mass is 9.92. The van der Waals surface area contributed by atoms with Crippen LogP contribution in [0.2, 0.25) is 0 Å². The average Bonchev–Trinajstić information content (AvgIpc) is 2.38. The number of hydrogen-bond donors (Lipinski definition) is 0. The van der Waals surface area contributed by atoms with Gasteiger partial charge >= 0.3 is 0 Å². The van der Waals surface area contributed by atoms with E-state index in [1.54, 1.807) is 6.26 Å². The lowest BCUT2D eigenvalue weighted by Gasteiger charge is -2.20. The van der Waals surface area contributed by atoms with Crippen LogP contribution in [-0.4, -0.2) is 18.1 Å². The van der Waals surface area contributed by atoms with Gasteiger partial charge in [0.2, 0.25) is 0 Å². The van der Waals surface area contributed by atoms with Crippen molar-refractivity contribution in [3.05, 3.63) is 12.3 Å². The van der Waals surface area contributed by atoms with Crippen LogP contribution in [0, 0.1) is 5.41 Å². The lowest BCUT2D eigenvalue weighted by molar-refractivity contribution is 0.142. The molecule has 0 saturated carbocycles. The minimum Gasteiger partial charge on any atom is -0.501 e. The van der Waals surface area contributed by atoms with Gasteiger partial charge in [-0.1, -0.05) is 13.0 Å². The molecule has 1 atom stereocenters. The van der Waals surface area contributed by atoms with Crippen molar-refractivity contribution in [3.8, 4) is 0 Å². The number of hydrogen-bond acceptors (Lipinski definition) is 2. The van der Waals surface area contributed by atoms with E-state index in [0.717, 1.165) is 6.61 Å². The van der Waals surface area contributed by atoms with E-state index < -0.39 is 0 Å². The second-order valence-corrected chi connectivity index (χ2v) is 4.50. The smallest absolute Gasteiger partial charge is 0.0934 e. The van der Waals surface area contributed by atoms with Gasteiger partial charge in [0.15, 0.2) is 0 Å². The average molecular weight is 172 g/mol.